The van der Waals surface area contributed by atoms with Crippen LogP contribution in [0.3, 0.4) is 0 Å². The number of ether oxygens (including phenoxy) is 1. The minimum Gasteiger partial charge on any atom is -0.481 e. The Bertz CT molecular complexity index is 738. The number of carbonyl (C=O) groups excluding carboxylic acids is 1. The van der Waals surface area contributed by atoms with Crippen molar-refractivity contribution in [1.82, 2.24) is 0 Å². The van der Waals surface area contributed by atoms with Crippen molar-refractivity contribution in [3.63, 3.8) is 0 Å². The van der Waals surface area contributed by atoms with Gasteiger partial charge in [0.2, 0.25) is 0 Å². The second kappa shape index (κ2) is 37.6. The van der Waals surface area contributed by atoms with E-state index in [4.69, 9.17) is 9.84 Å². The van der Waals surface area contributed by atoms with Gasteiger partial charge >= 0.3 is 11.9 Å². The first kappa shape index (κ1) is 44.2. The van der Waals surface area contributed by atoms with Gasteiger partial charge in [0, 0.05) is 12.8 Å². The van der Waals surface area contributed by atoms with Crippen LogP contribution in [0, 0.1) is 0 Å². The van der Waals surface area contributed by atoms with Crippen molar-refractivity contribution in [1.29, 1.82) is 0 Å². The Labute approximate surface area is 286 Å². The first-order valence-electron chi connectivity index (χ1n) is 20.0. The highest BCUT2D eigenvalue weighted by atomic mass is 16.5. The Balaban J connectivity index is 3.83. The van der Waals surface area contributed by atoms with Crippen molar-refractivity contribution in [2.75, 3.05) is 0 Å². The van der Waals surface area contributed by atoms with Crippen molar-refractivity contribution >= 4 is 11.9 Å². The molecule has 0 saturated heterocycles. The molecule has 0 aliphatic rings. The molecule has 0 spiro atoms. The zero-order valence-corrected chi connectivity index (χ0v) is 30.6. The van der Waals surface area contributed by atoms with Gasteiger partial charge < -0.3 is 9.84 Å². The summed E-state index contributed by atoms with van der Waals surface area (Å²) in [4.78, 5) is 23.2. The molecular formula is C42H76O4. The van der Waals surface area contributed by atoms with Crippen LogP contribution in [0.5, 0.6) is 0 Å². The molecule has 0 radical (unpaired) electrons. The highest BCUT2D eigenvalue weighted by Gasteiger charge is 2.14. The third-order valence-corrected chi connectivity index (χ3v) is 8.83. The second-order valence-corrected chi connectivity index (χ2v) is 13.5. The van der Waals surface area contributed by atoms with E-state index in [1.54, 1.807) is 0 Å². The monoisotopic (exact) mass is 645 g/mol. The fourth-order valence-electron chi connectivity index (χ4n) is 5.86. The number of esters is 1. The highest BCUT2D eigenvalue weighted by molar-refractivity contribution is 5.69. The maximum atomic E-state index is 12.6. The van der Waals surface area contributed by atoms with Crippen molar-refractivity contribution in [2.24, 2.45) is 0 Å². The molecule has 4 nitrogen and oxygen atoms in total. The summed E-state index contributed by atoms with van der Waals surface area (Å²) in [5.74, 6) is -0.684. The van der Waals surface area contributed by atoms with Crippen LogP contribution in [-0.2, 0) is 14.3 Å². The predicted octanol–water partition coefficient (Wildman–Crippen LogP) is 13.8. The van der Waals surface area contributed by atoms with E-state index in [-0.39, 0.29) is 12.1 Å². The zero-order valence-electron chi connectivity index (χ0n) is 30.6. The van der Waals surface area contributed by atoms with Crippen LogP contribution in [0.25, 0.3) is 0 Å². The number of hydrogen-bond acceptors (Lipinski definition) is 3. The van der Waals surface area contributed by atoms with Crippen molar-refractivity contribution < 1.29 is 19.4 Å². The van der Waals surface area contributed by atoms with Gasteiger partial charge in [0.25, 0.3) is 0 Å². The van der Waals surface area contributed by atoms with Crippen LogP contribution < -0.4 is 0 Å². The summed E-state index contributed by atoms with van der Waals surface area (Å²) < 4.78 is 5.97. The lowest BCUT2D eigenvalue weighted by Gasteiger charge is -2.18. The van der Waals surface area contributed by atoms with Crippen LogP contribution in [0.4, 0.5) is 0 Å². The molecule has 4 heteroatoms. The van der Waals surface area contributed by atoms with Gasteiger partial charge in [0.05, 0.1) is 0 Å². The Morgan fingerprint density at radius 2 is 0.848 bits per heavy atom. The number of carboxylic acids is 1. The molecule has 0 aromatic rings. The van der Waals surface area contributed by atoms with Crippen LogP contribution in [0.1, 0.15) is 213 Å². The molecular weight excluding hydrogens is 568 g/mol. The standard InChI is InChI=1S/C42H76O4/c1-3-5-7-9-10-11-12-13-14-15-16-17-18-19-20-21-22-23-27-31-35-39-42(45)46-40(36-32-28-8-6-4-2)37-33-29-25-24-26-30-34-38-41(43)44/h10-11,13-14,19-20,40H,3-9,12,15-18,21-39H2,1-2H3,(H,43,44)/b11-10-,14-13-,20-19-. The van der Waals surface area contributed by atoms with E-state index in [1.165, 1.54) is 122 Å². The topological polar surface area (TPSA) is 63.6 Å². The second-order valence-electron chi connectivity index (χ2n) is 13.5. The maximum Gasteiger partial charge on any atom is 0.306 e. The van der Waals surface area contributed by atoms with Gasteiger partial charge in [-0.1, -0.05) is 140 Å². The minimum atomic E-state index is -0.689. The van der Waals surface area contributed by atoms with Crippen LogP contribution in [0.2, 0.25) is 0 Å². The van der Waals surface area contributed by atoms with E-state index < -0.39 is 5.97 Å². The predicted molar refractivity (Wildman–Crippen MR) is 199 cm³/mol. The fraction of sp³-hybridized carbons (Fsp3) is 0.810. The number of allylic oxidation sites excluding steroid dienone is 6. The van der Waals surface area contributed by atoms with Gasteiger partial charge in [0.15, 0.2) is 0 Å². The highest BCUT2D eigenvalue weighted by Crippen LogP contribution is 2.18. The molecule has 0 fully saturated rings. The Morgan fingerprint density at radius 1 is 0.478 bits per heavy atom. The average molecular weight is 645 g/mol. The van der Waals surface area contributed by atoms with Crippen LogP contribution in [0.15, 0.2) is 36.5 Å². The normalized spacial score (nSPS) is 12.6. The van der Waals surface area contributed by atoms with Gasteiger partial charge in [-0.05, 0) is 96.3 Å². The molecule has 46 heavy (non-hydrogen) atoms. The number of carbonyl (C=O) groups is 2. The summed E-state index contributed by atoms with van der Waals surface area (Å²) in [5.41, 5.74) is 0. The lowest BCUT2D eigenvalue weighted by molar-refractivity contribution is -0.150. The minimum absolute atomic E-state index is 0.00468. The lowest BCUT2D eigenvalue weighted by Crippen LogP contribution is -2.18. The number of rotatable bonds is 36. The van der Waals surface area contributed by atoms with Crippen LogP contribution in [-0.4, -0.2) is 23.1 Å². The summed E-state index contributed by atoms with van der Waals surface area (Å²) in [6, 6.07) is 0. The average Bonchev–Trinajstić information content (AvgIpc) is 3.04. The molecule has 0 heterocycles. The van der Waals surface area contributed by atoms with Crippen LogP contribution >= 0.6 is 0 Å². The van der Waals surface area contributed by atoms with E-state index >= 15 is 0 Å². The largest absolute Gasteiger partial charge is 0.481 e. The molecule has 0 saturated carbocycles. The summed E-state index contributed by atoms with van der Waals surface area (Å²) in [6.07, 6.45) is 48.9. The first-order chi connectivity index (χ1) is 22.6. The van der Waals surface area contributed by atoms with Crippen molar-refractivity contribution in [2.45, 2.75) is 219 Å². The molecule has 1 atom stereocenters. The van der Waals surface area contributed by atoms with Crippen molar-refractivity contribution in [3.8, 4) is 0 Å². The Kier molecular flexibility index (Phi) is 36.1. The van der Waals surface area contributed by atoms with Gasteiger partial charge in [-0.3, -0.25) is 9.59 Å². The summed E-state index contributed by atoms with van der Waals surface area (Å²) in [5, 5.41) is 8.74. The molecule has 0 bridgehead atoms. The Morgan fingerprint density at radius 3 is 1.37 bits per heavy atom. The molecule has 0 amide bonds. The number of aliphatic carboxylic acids is 1. The number of unbranched alkanes of at least 4 members (excludes halogenated alkanes) is 21. The molecule has 268 valence electrons. The fourth-order valence-corrected chi connectivity index (χ4v) is 5.86. The van der Waals surface area contributed by atoms with E-state index in [9.17, 15) is 9.59 Å². The number of carboxylic acid groups (broad SMARTS) is 1. The van der Waals surface area contributed by atoms with E-state index in [0.29, 0.717) is 12.8 Å². The molecule has 0 aliphatic heterocycles. The summed E-state index contributed by atoms with van der Waals surface area (Å²) in [7, 11) is 0. The third kappa shape index (κ3) is 36.6. The zero-order chi connectivity index (χ0) is 33.6. The Hall–Kier alpha value is -1.84. The molecule has 1 N–H and O–H groups in total. The smallest absolute Gasteiger partial charge is 0.306 e. The van der Waals surface area contributed by atoms with Gasteiger partial charge in [-0.25, -0.2) is 0 Å². The van der Waals surface area contributed by atoms with Crippen molar-refractivity contribution in [3.05, 3.63) is 36.5 Å². The summed E-state index contributed by atoms with van der Waals surface area (Å²) in [6.45, 7) is 4.50. The van der Waals surface area contributed by atoms with E-state index in [0.717, 1.165) is 64.2 Å². The van der Waals surface area contributed by atoms with E-state index in [1.807, 2.05) is 0 Å². The molecule has 0 aliphatic carbocycles. The van der Waals surface area contributed by atoms with Gasteiger partial charge in [-0.15, -0.1) is 0 Å². The molecule has 0 aromatic heterocycles. The van der Waals surface area contributed by atoms with Gasteiger partial charge in [-0.2, -0.15) is 0 Å². The molecule has 1 unspecified atom stereocenters. The lowest BCUT2D eigenvalue weighted by atomic mass is 10.0. The molecule has 0 rings (SSSR count). The quantitative estimate of drug-likeness (QED) is 0.0419. The molecule has 0 aromatic carbocycles. The number of hydrogen-bond donors (Lipinski definition) is 1. The van der Waals surface area contributed by atoms with E-state index in [2.05, 4.69) is 50.3 Å². The SMILES string of the molecule is CCCCC/C=C\C/C=C\CCCC/C=C\CCCCCCCC(=O)OC(CCCCCCC)CCCCCCCCCC(=O)O. The summed E-state index contributed by atoms with van der Waals surface area (Å²) >= 11 is 0. The third-order valence-electron chi connectivity index (χ3n) is 8.83. The first-order valence-corrected chi connectivity index (χ1v) is 20.0. The van der Waals surface area contributed by atoms with Gasteiger partial charge in [0.1, 0.15) is 6.10 Å². The maximum absolute atomic E-state index is 12.6.